The normalized spacial score (nSPS) is 21.5. The highest BCUT2D eigenvalue weighted by Crippen LogP contribution is 2.15. The zero-order valence-electron chi connectivity index (χ0n) is 7.86. The summed E-state index contributed by atoms with van der Waals surface area (Å²) in [6.45, 7) is 2.39. The zero-order chi connectivity index (χ0) is 9.80. The van der Waals surface area contributed by atoms with Crippen LogP contribution in [0.4, 0.5) is 0 Å². The van der Waals surface area contributed by atoms with Crippen molar-refractivity contribution in [1.29, 1.82) is 5.26 Å². The van der Waals surface area contributed by atoms with E-state index in [1.165, 1.54) is 5.56 Å². The molecule has 72 valence electrons. The molecule has 0 aliphatic carbocycles. The van der Waals surface area contributed by atoms with E-state index >= 15 is 0 Å². The fourth-order valence-electron chi connectivity index (χ4n) is 1.57. The molecule has 1 saturated heterocycles. The number of rotatable bonds is 1. The standard InChI is InChI=1S/C11H12N2O/c12-7-9-1-3-10(4-2-9)11-8-14-6-5-13-11/h1-4,11,13H,5-6,8H2/t11-/m0/s1. The molecule has 1 aromatic rings. The van der Waals surface area contributed by atoms with Crippen LogP contribution in [0.2, 0.25) is 0 Å². The van der Waals surface area contributed by atoms with Gasteiger partial charge >= 0.3 is 0 Å². The van der Waals surface area contributed by atoms with Gasteiger partial charge in [-0.05, 0) is 17.7 Å². The smallest absolute Gasteiger partial charge is 0.0991 e. The maximum Gasteiger partial charge on any atom is 0.0991 e. The Labute approximate surface area is 83.3 Å². The summed E-state index contributed by atoms with van der Waals surface area (Å²) in [5.74, 6) is 0. The minimum Gasteiger partial charge on any atom is -0.378 e. The SMILES string of the molecule is N#Cc1ccc([C@@H]2COCCN2)cc1. The van der Waals surface area contributed by atoms with Gasteiger partial charge in [-0.25, -0.2) is 0 Å². The summed E-state index contributed by atoms with van der Waals surface area (Å²) < 4.78 is 5.37. The van der Waals surface area contributed by atoms with Gasteiger partial charge in [-0.2, -0.15) is 5.26 Å². The maximum absolute atomic E-state index is 8.65. The Balaban J connectivity index is 2.12. The Morgan fingerprint density at radius 3 is 2.71 bits per heavy atom. The molecule has 0 bridgehead atoms. The average molecular weight is 188 g/mol. The van der Waals surface area contributed by atoms with Gasteiger partial charge < -0.3 is 10.1 Å². The number of nitrogens with one attached hydrogen (secondary N) is 1. The Morgan fingerprint density at radius 1 is 1.36 bits per heavy atom. The predicted molar refractivity (Wildman–Crippen MR) is 52.7 cm³/mol. The van der Waals surface area contributed by atoms with E-state index in [0.29, 0.717) is 12.2 Å². The van der Waals surface area contributed by atoms with Crippen molar-refractivity contribution in [1.82, 2.24) is 5.32 Å². The van der Waals surface area contributed by atoms with Crippen molar-refractivity contribution in [3.63, 3.8) is 0 Å². The molecule has 1 atom stereocenters. The summed E-state index contributed by atoms with van der Waals surface area (Å²) in [4.78, 5) is 0. The van der Waals surface area contributed by atoms with Gasteiger partial charge in [0.25, 0.3) is 0 Å². The molecule has 0 saturated carbocycles. The van der Waals surface area contributed by atoms with Crippen molar-refractivity contribution in [3.05, 3.63) is 35.4 Å². The minimum absolute atomic E-state index is 0.275. The molecule has 1 aromatic carbocycles. The van der Waals surface area contributed by atoms with Crippen molar-refractivity contribution in [2.75, 3.05) is 19.8 Å². The summed E-state index contributed by atoms with van der Waals surface area (Å²) in [6, 6.07) is 10.0. The third-order valence-electron chi connectivity index (χ3n) is 2.36. The minimum atomic E-state index is 0.275. The lowest BCUT2D eigenvalue weighted by Gasteiger charge is -2.24. The predicted octanol–water partition coefficient (Wildman–Crippen LogP) is 1.22. The molecule has 1 aliphatic rings. The van der Waals surface area contributed by atoms with Gasteiger partial charge in [0, 0.05) is 6.54 Å². The van der Waals surface area contributed by atoms with Crippen molar-refractivity contribution >= 4 is 0 Å². The fourth-order valence-corrected chi connectivity index (χ4v) is 1.57. The van der Waals surface area contributed by atoms with Crippen LogP contribution in [0, 0.1) is 11.3 Å². The monoisotopic (exact) mass is 188 g/mol. The van der Waals surface area contributed by atoms with Crippen LogP contribution in [0.5, 0.6) is 0 Å². The number of benzene rings is 1. The van der Waals surface area contributed by atoms with Crippen molar-refractivity contribution in [3.8, 4) is 6.07 Å². The first kappa shape index (κ1) is 9.20. The number of morpholine rings is 1. The first-order valence-corrected chi connectivity index (χ1v) is 4.71. The number of hydrogen-bond acceptors (Lipinski definition) is 3. The topological polar surface area (TPSA) is 45.0 Å². The van der Waals surface area contributed by atoms with Gasteiger partial charge in [-0.1, -0.05) is 12.1 Å². The van der Waals surface area contributed by atoms with E-state index in [0.717, 1.165) is 13.2 Å². The molecule has 0 amide bonds. The lowest BCUT2D eigenvalue weighted by Crippen LogP contribution is -2.34. The summed E-state index contributed by atoms with van der Waals surface area (Å²) in [5.41, 5.74) is 1.88. The van der Waals surface area contributed by atoms with Gasteiger partial charge in [-0.15, -0.1) is 0 Å². The molecule has 14 heavy (non-hydrogen) atoms. The molecule has 2 rings (SSSR count). The van der Waals surface area contributed by atoms with Crippen LogP contribution in [0.3, 0.4) is 0 Å². The van der Waals surface area contributed by atoms with Crippen LogP contribution >= 0.6 is 0 Å². The van der Waals surface area contributed by atoms with E-state index in [2.05, 4.69) is 11.4 Å². The molecular formula is C11H12N2O. The van der Waals surface area contributed by atoms with Crippen LogP contribution in [-0.4, -0.2) is 19.8 Å². The largest absolute Gasteiger partial charge is 0.378 e. The van der Waals surface area contributed by atoms with Crippen LogP contribution < -0.4 is 5.32 Å². The van der Waals surface area contributed by atoms with E-state index in [9.17, 15) is 0 Å². The number of ether oxygens (including phenoxy) is 1. The van der Waals surface area contributed by atoms with E-state index in [4.69, 9.17) is 10.00 Å². The van der Waals surface area contributed by atoms with E-state index in [1.807, 2.05) is 24.3 Å². The lowest BCUT2D eigenvalue weighted by molar-refractivity contribution is 0.0769. The molecular weight excluding hydrogens is 176 g/mol. The summed E-state index contributed by atoms with van der Waals surface area (Å²) in [5, 5.41) is 12.0. The quantitative estimate of drug-likeness (QED) is 0.720. The molecule has 0 aromatic heterocycles. The molecule has 3 nitrogen and oxygen atoms in total. The molecule has 3 heteroatoms. The van der Waals surface area contributed by atoms with Crippen LogP contribution in [0.25, 0.3) is 0 Å². The third kappa shape index (κ3) is 1.92. The Hall–Kier alpha value is -1.37. The van der Waals surface area contributed by atoms with Gasteiger partial charge in [0.05, 0.1) is 30.9 Å². The molecule has 0 radical (unpaired) electrons. The van der Waals surface area contributed by atoms with Crippen molar-refractivity contribution < 1.29 is 4.74 Å². The zero-order valence-corrected chi connectivity index (χ0v) is 7.86. The second-order valence-electron chi connectivity index (χ2n) is 3.32. The highest BCUT2D eigenvalue weighted by atomic mass is 16.5. The maximum atomic E-state index is 8.65. The van der Waals surface area contributed by atoms with Gasteiger partial charge in [0.2, 0.25) is 0 Å². The van der Waals surface area contributed by atoms with Crippen LogP contribution in [0.1, 0.15) is 17.2 Å². The second-order valence-corrected chi connectivity index (χ2v) is 3.32. The molecule has 0 unspecified atom stereocenters. The van der Waals surface area contributed by atoms with Crippen molar-refractivity contribution in [2.24, 2.45) is 0 Å². The first-order chi connectivity index (χ1) is 6.90. The molecule has 0 spiro atoms. The van der Waals surface area contributed by atoms with Gasteiger partial charge in [0.15, 0.2) is 0 Å². The summed E-state index contributed by atoms with van der Waals surface area (Å²) in [7, 11) is 0. The second kappa shape index (κ2) is 4.23. The van der Waals surface area contributed by atoms with Gasteiger partial charge in [0.1, 0.15) is 0 Å². The average Bonchev–Trinajstić information content (AvgIpc) is 2.30. The molecule has 1 fully saturated rings. The fraction of sp³-hybridized carbons (Fsp3) is 0.364. The molecule has 1 heterocycles. The van der Waals surface area contributed by atoms with Crippen LogP contribution in [0.15, 0.2) is 24.3 Å². The highest BCUT2D eigenvalue weighted by Gasteiger charge is 2.14. The van der Waals surface area contributed by atoms with Crippen molar-refractivity contribution in [2.45, 2.75) is 6.04 Å². The van der Waals surface area contributed by atoms with E-state index < -0.39 is 0 Å². The first-order valence-electron chi connectivity index (χ1n) is 4.71. The van der Waals surface area contributed by atoms with E-state index in [-0.39, 0.29) is 6.04 Å². The molecule has 1 N–H and O–H groups in total. The number of hydrogen-bond donors (Lipinski definition) is 1. The molecule has 1 aliphatic heterocycles. The number of nitriles is 1. The summed E-state index contributed by atoms with van der Waals surface area (Å²) >= 11 is 0. The Bertz CT molecular complexity index is 333. The third-order valence-corrected chi connectivity index (χ3v) is 2.36. The summed E-state index contributed by atoms with van der Waals surface area (Å²) in [6.07, 6.45) is 0. The highest BCUT2D eigenvalue weighted by molar-refractivity contribution is 5.33. The Morgan fingerprint density at radius 2 is 2.14 bits per heavy atom. The lowest BCUT2D eigenvalue weighted by atomic mass is 10.1. The van der Waals surface area contributed by atoms with E-state index in [1.54, 1.807) is 0 Å². The van der Waals surface area contributed by atoms with Gasteiger partial charge in [-0.3, -0.25) is 0 Å². The number of nitrogens with zero attached hydrogens (tertiary/aromatic N) is 1. The Kier molecular flexibility index (Phi) is 2.78. The van der Waals surface area contributed by atoms with Crippen LogP contribution in [-0.2, 0) is 4.74 Å².